The van der Waals surface area contributed by atoms with Crippen LogP contribution in [-0.2, 0) is 11.3 Å². The molecule has 2 aromatic carbocycles. The van der Waals surface area contributed by atoms with Crippen molar-refractivity contribution in [3.8, 4) is 0 Å². The fraction of sp³-hybridized carbons (Fsp3) is 0.393. The molecule has 0 atom stereocenters. The first-order valence-electron chi connectivity index (χ1n) is 13.3. The molecule has 12 heteroatoms. The van der Waals surface area contributed by atoms with Crippen LogP contribution >= 0.6 is 11.8 Å². The number of aliphatic imine (C=N–C) groups is 1. The van der Waals surface area contributed by atoms with Crippen molar-refractivity contribution in [2.75, 3.05) is 62.4 Å². The molecule has 2 aliphatic heterocycles. The topological polar surface area (TPSA) is 118 Å². The average molecular weight is 569 g/mol. The molecule has 5 rings (SSSR count). The van der Waals surface area contributed by atoms with E-state index < -0.39 is 11.6 Å². The van der Waals surface area contributed by atoms with E-state index in [1.807, 2.05) is 0 Å². The Balaban J connectivity index is 1.36. The Morgan fingerprint density at radius 2 is 1.82 bits per heavy atom. The van der Waals surface area contributed by atoms with Gasteiger partial charge in [0.25, 0.3) is 0 Å². The van der Waals surface area contributed by atoms with Crippen LogP contribution in [0.1, 0.15) is 24.1 Å². The van der Waals surface area contributed by atoms with Crippen LogP contribution in [0, 0.1) is 11.6 Å². The van der Waals surface area contributed by atoms with Gasteiger partial charge >= 0.3 is 0 Å². The maximum absolute atomic E-state index is 13.6. The number of anilines is 3. The third-order valence-corrected chi connectivity index (χ3v) is 7.92. The predicted molar refractivity (Wildman–Crippen MR) is 155 cm³/mol. The summed E-state index contributed by atoms with van der Waals surface area (Å²) in [6.07, 6.45) is 3.32. The van der Waals surface area contributed by atoms with Gasteiger partial charge in [-0.2, -0.15) is 0 Å². The Kier molecular flexibility index (Phi) is 8.98. The van der Waals surface area contributed by atoms with Crippen molar-refractivity contribution >= 4 is 34.8 Å². The quantitative estimate of drug-likeness (QED) is 0.276. The van der Waals surface area contributed by atoms with Crippen molar-refractivity contribution in [3.63, 3.8) is 0 Å². The van der Waals surface area contributed by atoms with E-state index >= 15 is 0 Å². The highest BCUT2D eigenvalue weighted by Gasteiger charge is 2.19. The lowest BCUT2D eigenvalue weighted by Gasteiger charge is -2.34. The van der Waals surface area contributed by atoms with Crippen LogP contribution in [0.15, 0.2) is 57.5 Å². The average Bonchev–Trinajstić information content (AvgIpc) is 2.93. The Labute approximate surface area is 237 Å². The highest BCUT2D eigenvalue weighted by atomic mass is 32.2. The number of aromatic nitrogens is 2. The van der Waals surface area contributed by atoms with Gasteiger partial charge in [-0.05, 0) is 49.7 Å². The SMILES string of the molecule is CN1CCN(c2ccc(CN=C(N)c3nc(Sc4cc(F)cc(F)c4)cnc3N)c(NC3CCOCC3)c2)CC1. The van der Waals surface area contributed by atoms with E-state index in [1.54, 1.807) is 0 Å². The molecule has 40 heavy (non-hydrogen) atoms. The minimum atomic E-state index is -0.670. The smallest absolute Gasteiger partial charge is 0.153 e. The van der Waals surface area contributed by atoms with Crippen LogP contribution in [0.4, 0.5) is 26.0 Å². The van der Waals surface area contributed by atoms with Gasteiger partial charge in [-0.15, -0.1) is 0 Å². The van der Waals surface area contributed by atoms with E-state index in [0.29, 0.717) is 22.5 Å². The van der Waals surface area contributed by atoms with Crippen molar-refractivity contribution in [2.45, 2.75) is 35.3 Å². The number of nitrogens with zero attached hydrogens (tertiary/aromatic N) is 5. The monoisotopic (exact) mass is 568 g/mol. The van der Waals surface area contributed by atoms with Crippen LogP contribution in [0.5, 0.6) is 0 Å². The number of nitrogen functional groups attached to an aromatic ring is 1. The summed E-state index contributed by atoms with van der Waals surface area (Å²) in [5.74, 6) is -1.08. The summed E-state index contributed by atoms with van der Waals surface area (Å²) in [7, 11) is 2.15. The van der Waals surface area contributed by atoms with Crippen LogP contribution in [0.3, 0.4) is 0 Å². The van der Waals surface area contributed by atoms with E-state index in [2.05, 4.69) is 55.3 Å². The fourth-order valence-corrected chi connectivity index (χ4v) is 5.56. The number of ether oxygens (including phenoxy) is 1. The van der Waals surface area contributed by atoms with Gasteiger partial charge in [-0.25, -0.2) is 18.7 Å². The molecule has 0 radical (unpaired) electrons. The van der Waals surface area contributed by atoms with E-state index in [-0.39, 0.29) is 17.3 Å². The van der Waals surface area contributed by atoms with Gasteiger partial charge in [0, 0.05) is 67.8 Å². The molecular formula is C28H34F2N8OS. The number of amidine groups is 1. The predicted octanol–water partition coefficient (Wildman–Crippen LogP) is 3.74. The number of nitrogens with one attached hydrogen (secondary N) is 1. The van der Waals surface area contributed by atoms with Gasteiger partial charge in [0.1, 0.15) is 28.2 Å². The molecule has 2 saturated heterocycles. The second-order valence-electron chi connectivity index (χ2n) is 10.0. The number of piperazine rings is 1. The number of likely N-dealkylation sites (N-methyl/N-ethyl adjacent to an activating group) is 1. The number of hydrogen-bond donors (Lipinski definition) is 3. The molecule has 0 unspecified atom stereocenters. The lowest BCUT2D eigenvalue weighted by atomic mass is 10.1. The maximum Gasteiger partial charge on any atom is 0.153 e. The van der Waals surface area contributed by atoms with Gasteiger partial charge < -0.3 is 31.3 Å². The van der Waals surface area contributed by atoms with Gasteiger partial charge in [0.15, 0.2) is 5.82 Å². The summed E-state index contributed by atoms with van der Waals surface area (Å²) >= 11 is 1.06. The first kappa shape index (κ1) is 28.1. The molecule has 0 aliphatic carbocycles. The zero-order chi connectivity index (χ0) is 28.1. The van der Waals surface area contributed by atoms with Crippen molar-refractivity contribution in [1.82, 2.24) is 14.9 Å². The number of nitrogens with two attached hydrogens (primary N) is 2. The molecule has 0 spiro atoms. The van der Waals surface area contributed by atoms with Crippen molar-refractivity contribution in [3.05, 3.63) is 65.5 Å². The zero-order valence-electron chi connectivity index (χ0n) is 22.4. The van der Waals surface area contributed by atoms with Crippen molar-refractivity contribution < 1.29 is 13.5 Å². The molecule has 0 bridgehead atoms. The molecule has 2 aliphatic rings. The molecule has 0 saturated carbocycles. The number of benzene rings is 2. The largest absolute Gasteiger partial charge is 0.382 e. The molecule has 212 valence electrons. The van der Waals surface area contributed by atoms with Crippen LogP contribution in [0.25, 0.3) is 0 Å². The van der Waals surface area contributed by atoms with Gasteiger partial charge in [0.2, 0.25) is 0 Å². The summed E-state index contributed by atoms with van der Waals surface area (Å²) in [4.78, 5) is 18.3. The Hall–Kier alpha value is -3.48. The number of rotatable bonds is 8. The Bertz CT molecular complexity index is 1340. The van der Waals surface area contributed by atoms with Gasteiger partial charge in [-0.1, -0.05) is 17.8 Å². The third-order valence-electron chi connectivity index (χ3n) is 7.04. The first-order chi connectivity index (χ1) is 19.3. The van der Waals surface area contributed by atoms with Crippen LogP contribution < -0.4 is 21.7 Å². The standard InChI is InChI=1S/C28H34F2N8OS/c1-37-6-8-38(9-7-37)22-3-2-18(24(15-22)35-21-4-10-39-11-5-21)16-33-27(31)26-28(32)34-17-25(36-26)40-23-13-19(29)12-20(30)14-23/h2-3,12-15,17,21,35H,4-11,16H2,1H3,(H2,31,33)(H2,32,34). The lowest BCUT2D eigenvalue weighted by Crippen LogP contribution is -2.44. The second kappa shape index (κ2) is 12.8. The molecule has 5 N–H and O–H groups in total. The molecule has 9 nitrogen and oxygen atoms in total. The van der Waals surface area contributed by atoms with Crippen LogP contribution in [0.2, 0.25) is 0 Å². The summed E-state index contributed by atoms with van der Waals surface area (Å²) in [5.41, 5.74) is 15.8. The minimum Gasteiger partial charge on any atom is -0.382 e. The zero-order valence-corrected chi connectivity index (χ0v) is 23.3. The van der Waals surface area contributed by atoms with E-state index in [1.165, 1.54) is 24.0 Å². The molecule has 2 fully saturated rings. The molecule has 1 aromatic heterocycles. The van der Waals surface area contributed by atoms with Crippen molar-refractivity contribution in [2.24, 2.45) is 10.7 Å². The number of halogens is 2. The van der Waals surface area contributed by atoms with Crippen LogP contribution in [-0.4, -0.2) is 73.2 Å². The summed E-state index contributed by atoms with van der Waals surface area (Å²) in [6.45, 7) is 5.81. The second-order valence-corrected chi connectivity index (χ2v) is 11.1. The van der Waals surface area contributed by atoms with Gasteiger partial charge in [-0.3, -0.25) is 4.99 Å². The summed E-state index contributed by atoms with van der Waals surface area (Å²) < 4.78 is 32.8. The van der Waals surface area contributed by atoms with E-state index in [4.69, 9.17) is 16.2 Å². The summed E-state index contributed by atoms with van der Waals surface area (Å²) in [5, 5.41) is 4.11. The minimum absolute atomic E-state index is 0.127. The fourth-order valence-electron chi connectivity index (χ4n) is 4.73. The lowest BCUT2D eigenvalue weighted by molar-refractivity contribution is 0.0904. The third kappa shape index (κ3) is 7.18. The molecular weight excluding hydrogens is 534 g/mol. The molecule has 3 heterocycles. The molecule has 3 aromatic rings. The highest BCUT2D eigenvalue weighted by molar-refractivity contribution is 7.99. The molecule has 0 amide bonds. The highest BCUT2D eigenvalue weighted by Crippen LogP contribution is 2.29. The van der Waals surface area contributed by atoms with E-state index in [0.717, 1.165) is 81.3 Å². The Morgan fingerprint density at radius 1 is 1.10 bits per heavy atom. The summed E-state index contributed by atoms with van der Waals surface area (Å²) in [6, 6.07) is 10.0. The Morgan fingerprint density at radius 3 is 2.55 bits per heavy atom. The van der Waals surface area contributed by atoms with Crippen molar-refractivity contribution in [1.29, 1.82) is 0 Å². The number of hydrogen-bond acceptors (Lipinski definition) is 9. The van der Waals surface area contributed by atoms with Gasteiger partial charge in [0.05, 0.1) is 12.7 Å². The normalized spacial score (nSPS) is 17.3. The van der Waals surface area contributed by atoms with E-state index in [9.17, 15) is 8.78 Å². The maximum atomic E-state index is 13.6. The first-order valence-corrected chi connectivity index (χ1v) is 14.1.